The van der Waals surface area contributed by atoms with Crippen LogP contribution in [0.3, 0.4) is 0 Å². The molecule has 0 aliphatic heterocycles. The first-order valence-electron chi connectivity index (χ1n) is 21.7. The summed E-state index contributed by atoms with van der Waals surface area (Å²) in [5, 5.41) is 14.6. The Balaban J connectivity index is 1.06. The molecular formula is C62H38O. The zero-order valence-electron chi connectivity index (χ0n) is 34.3. The highest BCUT2D eigenvalue weighted by atomic mass is 16.3. The van der Waals surface area contributed by atoms with Gasteiger partial charge in [-0.05, 0) is 158 Å². The number of furan rings is 1. The molecule has 0 N–H and O–H groups in total. The molecule has 0 saturated heterocycles. The van der Waals surface area contributed by atoms with Gasteiger partial charge in [-0.1, -0.05) is 182 Å². The van der Waals surface area contributed by atoms with Gasteiger partial charge in [-0.25, -0.2) is 0 Å². The molecule has 1 heterocycles. The van der Waals surface area contributed by atoms with Crippen LogP contribution in [0.1, 0.15) is 0 Å². The molecule has 0 aliphatic rings. The van der Waals surface area contributed by atoms with Gasteiger partial charge in [0.2, 0.25) is 0 Å². The summed E-state index contributed by atoms with van der Waals surface area (Å²) in [6, 6.07) is 84.6. The molecular weight excluding hydrogens is 761 g/mol. The lowest BCUT2D eigenvalue weighted by atomic mass is 9.84. The second-order valence-corrected chi connectivity index (χ2v) is 16.8. The minimum atomic E-state index is 0.900. The van der Waals surface area contributed by atoms with Crippen molar-refractivity contribution in [2.45, 2.75) is 0 Å². The molecule has 0 amide bonds. The Hall–Kier alpha value is -8.26. The van der Waals surface area contributed by atoms with Gasteiger partial charge in [0.1, 0.15) is 11.2 Å². The summed E-state index contributed by atoms with van der Waals surface area (Å²) in [7, 11) is 0. The molecule has 0 atom stereocenters. The van der Waals surface area contributed by atoms with Crippen molar-refractivity contribution in [2.24, 2.45) is 0 Å². The van der Waals surface area contributed by atoms with E-state index >= 15 is 0 Å². The Bertz CT molecular complexity index is 3980. The first-order chi connectivity index (χ1) is 31.2. The van der Waals surface area contributed by atoms with Crippen LogP contribution in [-0.4, -0.2) is 0 Å². The molecule has 0 unspecified atom stereocenters. The molecule has 292 valence electrons. The number of hydrogen-bond donors (Lipinski definition) is 0. The summed E-state index contributed by atoms with van der Waals surface area (Å²) in [5.74, 6) is 0. The van der Waals surface area contributed by atoms with Gasteiger partial charge in [-0.2, -0.15) is 0 Å². The summed E-state index contributed by atoms with van der Waals surface area (Å²) in [6.07, 6.45) is 0. The summed E-state index contributed by atoms with van der Waals surface area (Å²) in [6.45, 7) is 0. The van der Waals surface area contributed by atoms with Gasteiger partial charge in [-0.3, -0.25) is 0 Å². The number of rotatable bonds is 5. The number of hydrogen-bond acceptors (Lipinski definition) is 1. The third-order valence-electron chi connectivity index (χ3n) is 13.2. The third-order valence-corrected chi connectivity index (χ3v) is 13.2. The molecule has 0 aliphatic carbocycles. The molecule has 0 radical (unpaired) electrons. The maximum absolute atomic E-state index is 6.45. The van der Waals surface area contributed by atoms with Crippen molar-refractivity contribution in [3.8, 4) is 55.6 Å². The van der Waals surface area contributed by atoms with Crippen LogP contribution in [0.2, 0.25) is 0 Å². The van der Waals surface area contributed by atoms with E-state index in [2.05, 4.69) is 231 Å². The van der Waals surface area contributed by atoms with E-state index in [-0.39, 0.29) is 0 Å². The van der Waals surface area contributed by atoms with Gasteiger partial charge in [0.05, 0.1) is 0 Å². The second-order valence-electron chi connectivity index (χ2n) is 16.8. The third kappa shape index (κ3) is 5.86. The van der Waals surface area contributed by atoms with Crippen LogP contribution in [0.4, 0.5) is 0 Å². The van der Waals surface area contributed by atoms with Crippen LogP contribution < -0.4 is 0 Å². The van der Waals surface area contributed by atoms with Crippen molar-refractivity contribution >= 4 is 75.8 Å². The van der Waals surface area contributed by atoms with E-state index in [4.69, 9.17) is 4.42 Å². The summed E-state index contributed by atoms with van der Waals surface area (Å²) in [4.78, 5) is 0. The van der Waals surface area contributed by atoms with E-state index < -0.39 is 0 Å². The Morgan fingerprint density at radius 2 is 0.619 bits per heavy atom. The maximum Gasteiger partial charge on any atom is 0.136 e. The van der Waals surface area contributed by atoms with Crippen LogP contribution in [0.25, 0.3) is 131 Å². The van der Waals surface area contributed by atoms with Crippen LogP contribution in [-0.2, 0) is 0 Å². The van der Waals surface area contributed by atoms with E-state index in [1.807, 2.05) is 0 Å². The van der Waals surface area contributed by atoms with Crippen molar-refractivity contribution in [1.29, 1.82) is 0 Å². The van der Waals surface area contributed by atoms with Gasteiger partial charge in [-0.15, -0.1) is 0 Å². The Morgan fingerprint density at radius 3 is 1.25 bits per heavy atom. The Labute approximate surface area is 364 Å². The fraction of sp³-hybridized carbons (Fsp3) is 0. The van der Waals surface area contributed by atoms with Crippen molar-refractivity contribution in [3.63, 3.8) is 0 Å². The van der Waals surface area contributed by atoms with E-state index in [1.165, 1.54) is 98.4 Å². The standard InChI is InChI=1S/C62H38O/c1-3-14-42-33-46(25-23-39(42)11-1)44-16-9-18-50(35-44)60-53-21-7-8-22-54(53)61(51-19-10-17-45(36-51)47-26-24-40-12-2-4-15-43(40)34-47)56-37-48(27-30-55(56)60)49-29-31-58-57(38-49)62-52-20-6-5-13-41(52)28-32-59(62)63-58/h1-38H. The van der Waals surface area contributed by atoms with Gasteiger partial charge < -0.3 is 4.42 Å². The molecule has 13 aromatic rings. The minimum Gasteiger partial charge on any atom is -0.456 e. The molecule has 13 rings (SSSR count). The molecule has 0 saturated carbocycles. The quantitative estimate of drug-likeness (QED) is 0.158. The van der Waals surface area contributed by atoms with E-state index in [9.17, 15) is 0 Å². The van der Waals surface area contributed by atoms with Gasteiger partial charge in [0.25, 0.3) is 0 Å². The van der Waals surface area contributed by atoms with E-state index in [0.29, 0.717) is 0 Å². The average molecular weight is 799 g/mol. The molecule has 0 spiro atoms. The first-order valence-corrected chi connectivity index (χ1v) is 21.7. The van der Waals surface area contributed by atoms with Crippen molar-refractivity contribution in [3.05, 3.63) is 231 Å². The summed E-state index contributed by atoms with van der Waals surface area (Å²) >= 11 is 0. The second kappa shape index (κ2) is 14.2. The van der Waals surface area contributed by atoms with E-state index in [0.717, 1.165) is 33.1 Å². The van der Waals surface area contributed by atoms with Gasteiger partial charge in [0, 0.05) is 10.8 Å². The highest BCUT2D eigenvalue weighted by molar-refractivity contribution is 6.23. The zero-order chi connectivity index (χ0) is 41.4. The fourth-order valence-corrected chi connectivity index (χ4v) is 10.2. The Kier molecular flexibility index (Phi) is 7.98. The first kappa shape index (κ1) is 35.5. The molecule has 12 aromatic carbocycles. The molecule has 1 nitrogen and oxygen atoms in total. The summed E-state index contributed by atoms with van der Waals surface area (Å²) in [5.41, 5.74) is 13.8. The highest BCUT2D eigenvalue weighted by Gasteiger charge is 2.20. The largest absolute Gasteiger partial charge is 0.456 e. The van der Waals surface area contributed by atoms with Crippen LogP contribution >= 0.6 is 0 Å². The van der Waals surface area contributed by atoms with Crippen LogP contribution in [0.5, 0.6) is 0 Å². The van der Waals surface area contributed by atoms with Crippen molar-refractivity contribution in [2.75, 3.05) is 0 Å². The molecule has 1 aromatic heterocycles. The van der Waals surface area contributed by atoms with Gasteiger partial charge in [0.15, 0.2) is 0 Å². The predicted octanol–water partition coefficient (Wildman–Crippen LogP) is 17.7. The molecule has 63 heavy (non-hydrogen) atoms. The van der Waals surface area contributed by atoms with Crippen molar-refractivity contribution < 1.29 is 4.42 Å². The molecule has 1 heteroatoms. The fourth-order valence-electron chi connectivity index (χ4n) is 10.2. The highest BCUT2D eigenvalue weighted by Crippen LogP contribution is 2.47. The lowest BCUT2D eigenvalue weighted by Gasteiger charge is -2.20. The minimum absolute atomic E-state index is 0.900. The van der Waals surface area contributed by atoms with Crippen molar-refractivity contribution in [1.82, 2.24) is 0 Å². The normalized spacial score (nSPS) is 11.8. The zero-order valence-corrected chi connectivity index (χ0v) is 34.3. The van der Waals surface area contributed by atoms with Gasteiger partial charge >= 0.3 is 0 Å². The van der Waals surface area contributed by atoms with E-state index in [1.54, 1.807) is 0 Å². The number of fused-ring (bicyclic) bond motifs is 9. The molecule has 0 fully saturated rings. The molecule has 0 bridgehead atoms. The maximum atomic E-state index is 6.45. The predicted molar refractivity (Wildman–Crippen MR) is 268 cm³/mol. The van der Waals surface area contributed by atoms with Crippen LogP contribution in [0.15, 0.2) is 235 Å². The summed E-state index contributed by atoms with van der Waals surface area (Å²) < 4.78 is 6.45. The van der Waals surface area contributed by atoms with Crippen LogP contribution in [0, 0.1) is 0 Å². The topological polar surface area (TPSA) is 13.1 Å². The SMILES string of the molecule is c1cc(-c2ccc3ccccc3c2)cc(-c2c3ccccc3c(-c3cccc(-c4ccc5ccccc5c4)c3)c3cc(-c4ccc5oc6ccc7ccccc7c6c5c4)ccc23)c1. The number of benzene rings is 12. The smallest absolute Gasteiger partial charge is 0.136 e. The monoisotopic (exact) mass is 798 g/mol. The lowest BCUT2D eigenvalue weighted by Crippen LogP contribution is -1.92. The Morgan fingerprint density at radius 1 is 0.206 bits per heavy atom. The lowest BCUT2D eigenvalue weighted by molar-refractivity contribution is 0.669. The average Bonchev–Trinajstić information content (AvgIpc) is 3.74.